The molecule has 8 N–H and O–H groups in total. The van der Waals surface area contributed by atoms with Crippen molar-refractivity contribution in [1.29, 1.82) is 0 Å². The third-order valence-electron chi connectivity index (χ3n) is 15.9. The number of fused-ring (bicyclic) bond motifs is 5. The smallest absolute Gasteiger partial charge is 0.331 e. The standard InChI is InChI=1S/C41H62O18/c1-18-33(58-36-32(48)34(26(45)15-53-36)59-37-35(49)40(50,16-42)17-54-37)25(44)12-30(55-18)57-22-7-8-38(3)21(10-22)5-6-23-24(38)11-28(46)39(4)31(20-9-29(47)52-14-20)27(56-19(2)43)13-41(23,39)51/h9,18,21-28,30-37,42,44-46,48-51H,5-8,10-17H2,1-4H3. The van der Waals surface area contributed by atoms with Crippen molar-refractivity contribution < 1.29 is 88.3 Å². The van der Waals surface area contributed by atoms with Crippen molar-refractivity contribution >= 4 is 11.9 Å². The van der Waals surface area contributed by atoms with Gasteiger partial charge in [0, 0.05) is 37.2 Å². The summed E-state index contributed by atoms with van der Waals surface area (Å²) >= 11 is 0. The minimum absolute atomic E-state index is 0.0175. The Balaban J connectivity index is 0.883. The first-order chi connectivity index (χ1) is 27.8. The van der Waals surface area contributed by atoms with Gasteiger partial charge in [0.1, 0.15) is 48.8 Å². The minimum Gasteiger partial charge on any atom is -0.462 e. The third-order valence-corrected chi connectivity index (χ3v) is 15.9. The fourth-order valence-electron chi connectivity index (χ4n) is 12.6. The van der Waals surface area contributed by atoms with E-state index in [1.165, 1.54) is 13.0 Å². The van der Waals surface area contributed by atoms with E-state index in [0.717, 1.165) is 19.3 Å². The second-order valence-corrected chi connectivity index (χ2v) is 19.1. The first-order valence-electron chi connectivity index (χ1n) is 21.2. The first kappa shape index (κ1) is 43.8. The van der Waals surface area contributed by atoms with Crippen LogP contribution in [-0.2, 0) is 47.5 Å². The molecule has 18 heteroatoms. The molecule has 21 atom stereocenters. The molecule has 7 fully saturated rings. The van der Waals surface area contributed by atoms with Gasteiger partial charge in [0.25, 0.3) is 0 Å². The number of aliphatic hydroxyl groups is 8. The highest BCUT2D eigenvalue weighted by Gasteiger charge is 2.74. The second kappa shape index (κ2) is 16.0. The molecule has 8 rings (SSSR count). The molecule has 0 aromatic heterocycles. The van der Waals surface area contributed by atoms with Crippen LogP contribution in [0, 0.1) is 34.5 Å². The highest BCUT2D eigenvalue weighted by Crippen LogP contribution is 2.70. The van der Waals surface area contributed by atoms with Crippen LogP contribution in [0.4, 0.5) is 0 Å². The molecule has 18 nitrogen and oxygen atoms in total. The Labute approximate surface area is 342 Å². The van der Waals surface area contributed by atoms with Gasteiger partial charge in [-0.05, 0) is 74.2 Å². The molecule has 0 amide bonds. The van der Waals surface area contributed by atoms with E-state index in [9.17, 15) is 50.4 Å². The third kappa shape index (κ3) is 7.29. The normalized spacial score (nSPS) is 53.5. The summed E-state index contributed by atoms with van der Waals surface area (Å²) in [5, 5.41) is 88.0. The van der Waals surface area contributed by atoms with Crippen LogP contribution in [0.15, 0.2) is 11.6 Å². The predicted molar refractivity (Wildman–Crippen MR) is 197 cm³/mol. The quantitative estimate of drug-likeness (QED) is 0.101. The van der Waals surface area contributed by atoms with Gasteiger partial charge in [-0.1, -0.05) is 13.8 Å². The van der Waals surface area contributed by atoms with Crippen LogP contribution in [-0.4, -0.2) is 170 Å². The number of carbonyl (C=O) groups is 2. The van der Waals surface area contributed by atoms with E-state index in [1.807, 2.05) is 6.92 Å². The molecule has 4 saturated carbocycles. The Kier molecular flexibility index (Phi) is 11.9. The second-order valence-electron chi connectivity index (χ2n) is 19.1. The molecule has 0 spiro atoms. The lowest BCUT2D eigenvalue weighted by Gasteiger charge is -2.64. The van der Waals surface area contributed by atoms with Gasteiger partial charge in [-0.15, -0.1) is 0 Å². The molecule has 334 valence electrons. The van der Waals surface area contributed by atoms with Crippen molar-refractivity contribution in [3.8, 4) is 0 Å². The van der Waals surface area contributed by atoms with Crippen LogP contribution in [0.5, 0.6) is 0 Å². The van der Waals surface area contributed by atoms with Crippen LogP contribution in [0.25, 0.3) is 0 Å². The molecule has 0 bridgehead atoms. The fourth-order valence-corrected chi connectivity index (χ4v) is 12.6. The number of hydrogen-bond acceptors (Lipinski definition) is 18. The van der Waals surface area contributed by atoms with Crippen molar-refractivity contribution in [2.24, 2.45) is 34.5 Å². The molecule has 0 aromatic rings. The maximum Gasteiger partial charge on any atom is 0.331 e. The summed E-state index contributed by atoms with van der Waals surface area (Å²) < 4.78 is 46.3. The van der Waals surface area contributed by atoms with Gasteiger partial charge in [0.2, 0.25) is 0 Å². The van der Waals surface area contributed by atoms with Crippen LogP contribution in [0.2, 0.25) is 0 Å². The zero-order valence-electron chi connectivity index (χ0n) is 34.0. The van der Waals surface area contributed by atoms with E-state index in [2.05, 4.69) is 6.92 Å². The van der Waals surface area contributed by atoms with Crippen LogP contribution < -0.4 is 0 Å². The molecule has 4 aliphatic carbocycles. The maximum absolute atomic E-state index is 12.8. The average molecular weight is 843 g/mol. The summed E-state index contributed by atoms with van der Waals surface area (Å²) in [5.41, 5.74) is -3.99. The number of rotatable bonds is 9. The Morgan fingerprint density at radius 2 is 1.66 bits per heavy atom. The van der Waals surface area contributed by atoms with Crippen molar-refractivity contribution in [3.05, 3.63) is 11.6 Å². The van der Waals surface area contributed by atoms with Crippen molar-refractivity contribution in [1.82, 2.24) is 0 Å². The van der Waals surface area contributed by atoms with E-state index in [1.54, 1.807) is 6.92 Å². The lowest BCUT2D eigenvalue weighted by Crippen LogP contribution is -2.67. The van der Waals surface area contributed by atoms with E-state index in [4.69, 9.17) is 37.9 Å². The highest BCUT2D eigenvalue weighted by molar-refractivity contribution is 5.85. The zero-order valence-corrected chi connectivity index (χ0v) is 34.0. The predicted octanol–water partition coefficient (Wildman–Crippen LogP) is -1.07. The highest BCUT2D eigenvalue weighted by atomic mass is 16.7. The number of ether oxygens (including phenoxy) is 8. The monoisotopic (exact) mass is 842 g/mol. The summed E-state index contributed by atoms with van der Waals surface area (Å²) in [6.45, 7) is 5.68. The largest absolute Gasteiger partial charge is 0.462 e. The molecule has 0 radical (unpaired) electrons. The molecular formula is C41H62O18. The van der Waals surface area contributed by atoms with Gasteiger partial charge >= 0.3 is 11.9 Å². The lowest BCUT2D eigenvalue weighted by molar-refractivity contribution is -0.342. The maximum atomic E-state index is 12.8. The number of hydrogen-bond donors (Lipinski definition) is 8. The van der Waals surface area contributed by atoms with Gasteiger partial charge in [0.15, 0.2) is 18.9 Å². The Morgan fingerprint density at radius 1 is 0.915 bits per heavy atom. The number of carbonyl (C=O) groups excluding carboxylic acids is 2. The van der Waals surface area contributed by atoms with Gasteiger partial charge < -0.3 is 78.7 Å². The van der Waals surface area contributed by atoms with E-state index < -0.39 is 121 Å². The first-order valence-corrected chi connectivity index (χ1v) is 21.2. The van der Waals surface area contributed by atoms with Gasteiger partial charge in [-0.2, -0.15) is 0 Å². The van der Waals surface area contributed by atoms with Gasteiger partial charge in [-0.25, -0.2) is 4.79 Å². The van der Waals surface area contributed by atoms with E-state index >= 15 is 0 Å². The Hall–Kier alpha value is -1.88. The number of aliphatic hydroxyl groups excluding tert-OH is 6. The minimum atomic E-state index is -1.96. The molecule has 0 aromatic carbocycles. The summed E-state index contributed by atoms with van der Waals surface area (Å²) in [6.07, 6.45) is -8.24. The summed E-state index contributed by atoms with van der Waals surface area (Å²) in [4.78, 5) is 24.4. The summed E-state index contributed by atoms with van der Waals surface area (Å²) in [6, 6.07) is 0. The summed E-state index contributed by atoms with van der Waals surface area (Å²) in [5.74, 6) is -1.51. The van der Waals surface area contributed by atoms with Crippen LogP contribution in [0.1, 0.15) is 79.1 Å². The molecule has 3 saturated heterocycles. The van der Waals surface area contributed by atoms with E-state index in [-0.39, 0.29) is 55.3 Å². The van der Waals surface area contributed by atoms with Crippen molar-refractivity contribution in [3.63, 3.8) is 0 Å². The van der Waals surface area contributed by atoms with Gasteiger partial charge in [-0.3, -0.25) is 4.79 Å². The molecular weight excluding hydrogens is 780 g/mol. The zero-order chi connectivity index (χ0) is 42.4. The topological polar surface area (TPSA) is 270 Å². The van der Waals surface area contributed by atoms with E-state index in [0.29, 0.717) is 24.8 Å². The van der Waals surface area contributed by atoms with Crippen molar-refractivity contribution in [2.45, 2.75) is 170 Å². The SMILES string of the molecule is CC(=O)OC1CC2(O)C3CCC4CC(OC5CC(O)C(OC6OCC(O)C(OC7OCC(O)(CO)C7O)C6O)C(C)O5)CCC4(C)C3CC(O)C2(C)C1C1=CC(=O)OC1. The molecule has 21 unspecified atom stereocenters. The van der Waals surface area contributed by atoms with Crippen LogP contribution >= 0.6 is 0 Å². The average Bonchev–Trinajstić information content (AvgIpc) is 3.80. The fraction of sp³-hybridized carbons (Fsp3) is 0.902. The molecule has 4 aliphatic heterocycles. The molecule has 8 aliphatic rings. The number of cyclic esters (lactones) is 1. The molecule has 4 heterocycles. The molecule has 59 heavy (non-hydrogen) atoms. The Bertz CT molecular complexity index is 1600. The Morgan fingerprint density at radius 3 is 2.32 bits per heavy atom. The van der Waals surface area contributed by atoms with Crippen LogP contribution in [0.3, 0.4) is 0 Å². The number of esters is 2. The summed E-state index contributed by atoms with van der Waals surface area (Å²) in [7, 11) is 0. The lowest BCUT2D eigenvalue weighted by atomic mass is 9.42. The van der Waals surface area contributed by atoms with Gasteiger partial charge in [0.05, 0.1) is 49.8 Å². The van der Waals surface area contributed by atoms with Crippen molar-refractivity contribution in [2.75, 3.05) is 26.4 Å².